The summed E-state index contributed by atoms with van der Waals surface area (Å²) in [5.74, 6) is -5.55. The van der Waals surface area contributed by atoms with Crippen LogP contribution < -0.4 is 10.4 Å². The molecule has 0 radical (unpaired) electrons. The molecule has 0 aromatic rings. The molecule has 1 saturated heterocycles. The van der Waals surface area contributed by atoms with Crippen molar-refractivity contribution in [3.8, 4) is 0 Å². The summed E-state index contributed by atoms with van der Waals surface area (Å²) in [5.41, 5.74) is 0. The van der Waals surface area contributed by atoms with Crippen LogP contribution in [0.25, 0.3) is 0 Å². The zero-order chi connectivity index (χ0) is 16.4. The number of carboxylic acid groups (broad SMARTS) is 1. The highest BCUT2D eigenvalue weighted by molar-refractivity contribution is 5.74. The molecule has 1 fully saturated rings. The molecule has 122 valence electrons. The number of amides is 1. The second-order valence-electron chi connectivity index (χ2n) is 4.89. The first-order valence-corrected chi connectivity index (χ1v) is 6.16. The molecule has 1 rings (SSSR count). The predicted molar refractivity (Wildman–Crippen MR) is 62.2 cm³/mol. The molecule has 0 aromatic heterocycles. The van der Waals surface area contributed by atoms with Crippen LogP contribution in [0.5, 0.6) is 0 Å². The highest BCUT2D eigenvalue weighted by atomic mass is 16.7. The van der Waals surface area contributed by atoms with Gasteiger partial charge in [-0.3, -0.25) is 4.79 Å². The molecule has 6 N–H and O–H groups in total. The minimum atomic E-state index is -2.89. The molecule has 0 bridgehead atoms. The molecule has 1 amide bonds. The van der Waals surface area contributed by atoms with Gasteiger partial charge in [-0.2, -0.15) is 0 Å². The third-order valence-electron chi connectivity index (χ3n) is 3.19. The fraction of sp³-hybridized carbons (Fsp3) is 0.818. The Labute approximate surface area is 119 Å². The lowest BCUT2D eigenvalue weighted by atomic mass is 9.88. The van der Waals surface area contributed by atoms with Crippen molar-refractivity contribution in [1.82, 2.24) is 5.32 Å². The van der Waals surface area contributed by atoms with Crippen molar-refractivity contribution < 1.29 is 45.0 Å². The maximum atomic E-state index is 11.1. The predicted octanol–water partition coefficient (Wildman–Crippen LogP) is -5.21. The summed E-state index contributed by atoms with van der Waals surface area (Å²) in [6, 6.07) is -1.29. The number of ether oxygens (including phenoxy) is 1. The molecule has 0 saturated carbocycles. The van der Waals surface area contributed by atoms with E-state index in [0.717, 1.165) is 6.92 Å². The SMILES string of the molecule is CC(=O)N[C@H]1[C@H]([C@H](O)[C@@H](O)CO)O[C@@](O)(C(=O)[O-])C[C@@H]1O. The Morgan fingerprint density at radius 1 is 1.48 bits per heavy atom. The average Bonchev–Trinajstić information content (AvgIpc) is 2.39. The van der Waals surface area contributed by atoms with Crippen molar-refractivity contribution in [2.45, 2.75) is 49.6 Å². The van der Waals surface area contributed by atoms with Crippen molar-refractivity contribution >= 4 is 11.9 Å². The van der Waals surface area contributed by atoms with E-state index in [1.54, 1.807) is 0 Å². The van der Waals surface area contributed by atoms with Crippen LogP contribution in [-0.2, 0) is 14.3 Å². The maximum Gasteiger partial charge on any atom is 0.217 e. The lowest BCUT2D eigenvalue weighted by molar-refractivity contribution is -0.374. The van der Waals surface area contributed by atoms with Crippen molar-refractivity contribution in [1.29, 1.82) is 0 Å². The van der Waals surface area contributed by atoms with Crippen LogP contribution in [0.2, 0.25) is 0 Å². The van der Waals surface area contributed by atoms with Crippen LogP contribution in [0.3, 0.4) is 0 Å². The Hall–Kier alpha value is -1.30. The first-order valence-electron chi connectivity index (χ1n) is 6.16. The number of carbonyl (C=O) groups is 2. The lowest BCUT2D eigenvalue weighted by Crippen LogP contribution is -2.68. The molecule has 0 spiro atoms. The highest BCUT2D eigenvalue weighted by Crippen LogP contribution is 2.29. The Balaban J connectivity index is 3.07. The summed E-state index contributed by atoms with van der Waals surface area (Å²) in [4.78, 5) is 22.0. The molecule has 1 heterocycles. The molecule has 1 aliphatic heterocycles. The zero-order valence-electron chi connectivity index (χ0n) is 11.2. The molecule has 10 heteroatoms. The van der Waals surface area contributed by atoms with E-state index < -0.39 is 61.1 Å². The van der Waals surface area contributed by atoms with Gasteiger partial charge in [-0.05, 0) is 0 Å². The van der Waals surface area contributed by atoms with Gasteiger partial charge in [0, 0.05) is 13.3 Å². The summed E-state index contributed by atoms with van der Waals surface area (Å²) in [5, 5.41) is 60.8. The minimum Gasteiger partial charge on any atom is -0.544 e. The summed E-state index contributed by atoms with van der Waals surface area (Å²) in [6.45, 7) is 0.228. The number of hydrogen-bond acceptors (Lipinski definition) is 9. The zero-order valence-corrected chi connectivity index (χ0v) is 11.2. The lowest BCUT2D eigenvalue weighted by Gasteiger charge is -2.46. The van der Waals surface area contributed by atoms with Gasteiger partial charge < -0.3 is 45.5 Å². The molecule has 6 atom stereocenters. The van der Waals surface area contributed by atoms with Gasteiger partial charge in [0.1, 0.15) is 24.3 Å². The summed E-state index contributed by atoms with van der Waals surface area (Å²) < 4.78 is 4.80. The Bertz CT molecular complexity index is 403. The smallest absolute Gasteiger partial charge is 0.217 e. The van der Waals surface area contributed by atoms with Gasteiger partial charge in [0.05, 0.1) is 18.8 Å². The van der Waals surface area contributed by atoms with Crippen LogP contribution in [0, 0.1) is 0 Å². The quantitative estimate of drug-likeness (QED) is 0.289. The fourth-order valence-electron chi connectivity index (χ4n) is 2.13. The van der Waals surface area contributed by atoms with Gasteiger partial charge in [-0.25, -0.2) is 0 Å². The van der Waals surface area contributed by atoms with E-state index in [-0.39, 0.29) is 0 Å². The number of aliphatic hydroxyl groups excluding tert-OH is 4. The molecule has 0 unspecified atom stereocenters. The van der Waals surface area contributed by atoms with E-state index in [9.17, 15) is 35.1 Å². The number of hydrogen-bond donors (Lipinski definition) is 6. The third kappa shape index (κ3) is 3.87. The van der Waals surface area contributed by atoms with Crippen LogP contribution in [0.4, 0.5) is 0 Å². The van der Waals surface area contributed by atoms with Crippen LogP contribution >= 0.6 is 0 Å². The van der Waals surface area contributed by atoms with E-state index in [2.05, 4.69) is 5.32 Å². The van der Waals surface area contributed by atoms with Gasteiger partial charge in [0.25, 0.3) is 0 Å². The van der Waals surface area contributed by atoms with Crippen LogP contribution in [0.15, 0.2) is 0 Å². The van der Waals surface area contributed by atoms with E-state index >= 15 is 0 Å². The third-order valence-corrected chi connectivity index (χ3v) is 3.19. The van der Waals surface area contributed by atoms with E-state index in [1.807, 2.05) is 0 Å². The molecule has 1 aliphatic rings. The highest BCUT2D eigenvalue weighted by Gasteiger charge is 2.50. The van der Waals surface area contributed by atoms with Crippen LogP contribution in [0.1, 0.15) is 13.3 Å². The average molecular weight is 308 g/mol. The summed E-state index contributed by atoms with van der Waals surface area (Å²) in [7, 11) is 0. The van der Waals surface area contributed by atoms with Gasteiger partial charge in [0.15, 0.2) is 0 Å². The van der Waals surface area contributed by atoms with E-state index in [4.69, 9.17) is 9.84 Å². The number of aliphatic carboxylic acids is 1. The molecule has 21 heavy (non-hydrogen) atoms. The Morgan fingerprint density at radius 3 is 2.48 bits per heavy atom. The number of rotatable bonds is 5. The summed E-state index contributed by atoms with van der Waals surface area (Å²) >= 11 is 0. The maximum absolute atomic E-state index is 11.1. The first kappa shape index (κ1) is 17.8. The first-order chi connectivity index (χ1) is 9.62. The van der Waals surface area contributed by atoms with Gasteiger partial charge in [0.2, 0.25) is 11.7 Å². The topological polar surface area (TPSA) is 180 Å². The largest absolute Gasteiger partial charge is 0.544 e. The fourth-order valence-corrected chi connectivity index (χ4v) is 2.13. The van der Waals surface area contributed by atoms with Crippen molar-refractivity contribution in [2.75, 3.05) is 6.61 Å². The standard InChI is InChI=1S/C11H19NO9/c1-4(14)12-7-5(15)2-11(20,10(18)19)21-9(7)8(17)6(16)3-13/h5-9,13,15-17,20H,2-3H2,1H3,(H,12,14)(H,18,19)/p-1/t5-,6-,7+,8+,9+,11+/m0/s1. The number of carbonyl (C=O) groups excluding carboxylic acids is 2. The Kier molecular flexibility index (Phi) is 5.61. The van der Waals surface area contributed by atoms with Gasteiger partial charge in [-0.15, -0.1) is 0 Å². The van der Waals surface area contributed by atoms with Crippen molar-refractivity contribution in [3.05, 3.63) is 0 Å². The molecule has 0 aliphatic carbocycles. The number of aliphatic hydroxyl groups is 5. The second-order valence-corrected chi connectivity index (χ2v) is 4.89. The van der Waals surface area contributed by atoms with Gasteiger partial charge in [-0.1, -0.05) is 0 Å². The molecular weight excluding hydrogens is 290 g/mol. The number of carboxylic acids is 1. The van der Waals surface area contributed by atoms with Crippen molar-refractivity contribution in [3.63, 3.8) is 0 Å². The van der Waals surface area contributed by atoms with Crippen LogP contribution in [-0.4, -0.2) is 80.3 Å². The van der Waals surface area contributed by atoms with Crippen molar-refractivity contribution in [2.24, 2.45) is 0 Å². The second kappa shape index (κ2) is 6.64. The minimum absolute atomic E-state index is 0.614. The van der Waals surface area contributed by atoms with Gasteiger partial charge >= 0.3 is 0 Å². The normalized spacial score (nSPS) is 35.8. The van der Waals surface area contributed by atoms with E-state index in [0.29, 0.717) is 0 Å². The molecule has 10 nitrogen and oxygen atoms in total. The summed E-state index contributed by atoms with van der Waals surface area (Å²) in [6.07, 6.45) is -7.67. The van der Waals surface area contributed by atoms with E-state index in [1.165, 1.54) is 0 Å². The Morgan fingerprint density at radius 2 is 2.05 bits per heavy atom. The monoisotopic (exact) mass is 308 g/mol. The molecule has 0 aromatic carbocycles. The number of nitrogens with one attached hydrogen (secondary N) is 1. The molecular formula is C11H18NO9-.